The molecule has 8 aromatic carbocycles. The Morgan fingerprint density at radius 2 is 0.360 bits per heavy atom. The number of benzene rings is 8. The van der Waals surface area contributed by atoms with E-state index in [-0.39, 0.29) is 105 Å². The molecule has 0 aromatic heterocycles. The van der Waals surface area contributed by atoms with Gasteiger partial charge in [0.25, 0.3) is 30.4 Å². The van der Waals surface area contributed by atoms with Crippen LogP contribution >= 0.6 is 0 Å². The van der Waals surface area contributed by atoms with Gasteiger partial charge in [-0.1, -0.05) is 91.0 Å². The third-order valence-electron chi connectivity index (χ3n) is 13.7. The summed E-state index contributed by atoms with van der Waals surface area (Å²) < 4.78 is 159. The third-order valence-corrected chi connectivity index (χ3v) is 16.2. The minimum Gasteiger partial charge on any atom is -0.507 e. The van der Waals surface area contributed by atoms with Gasteiger partial charge < -0.3 is 40.9 Å². The molecule has 30 heteroatoms. The van der Waals surface area contributed by atoms with Gasteiger partial charge in [0.1, 0.15) is 46.0 Å². The number of hydrogen-bond donors (Lipinski definition) is 13. The largest absolute Gasteiger partial charge is 0.507 e. The van der Waals surface area contributed by atoms with Gasteiger partial charge in [0.15, 0.2) is 0 Å². The van der Waals surface area contributed by atoms with Gasteiger partial charge >= 0.3 is 21.0 Å². The molecule has 1 radical (unpaired) electrons. The maximum atomic E-state index is 12.2. The second-order valence-electron chi connectivity index (χ2n) is 19.4. The number of aromatic hydroxyl groups is 8. The maximum absolute atomic E-state index is 12.2. The zero-order valence-electron chi connectivity index (χ0n) is 44.1. The fourth-order valence-electron chi connectivity index (χ4n) is 9.73. The molecule has 0 amide bonds. The van der Waals surface area contributed by atoms with Crippen molar-refractivity contribution in [3.05, 3.63) is 216 Å². The summed E-state index contributed by atoms with van der Waals surface area (Å²) in [5, 5.41) is 88.4. The maximum Gasteiger partial charge on any atom is 0.425 e. The molecule has 0 unspecified atom stereocenters. The van der Waals surface area contributed by atoms with Crippen LogP contribution in [0.2, 0.25) is 0 Å². The number of phenols is 8. The second-order valence-corrected chi connectivity index (χ2v) is 25.0. The number of phenolic OH excluding ortho intramolecular Hbond substituents is 8. The van der Waals surface area contributed by atoms with Crippen LogP contribution in [-0.4, -0.2) is 110 Å². The van der Waals surface area contributed by atoms with Crippen molar-refractivity contribution in [1.29, 1.82) is 0 Å². The molecule has 2 aliphatic carbocycles. The Labute approximate surface area is 505 Å². The molecule has 0 saturated carbocycles. The van der Waals surface area contributed by atoms with E-state index in [1.54, 1.807) is 0 Å². The first-order valence-corrected chi connectivity index (χ1v) is 31.2. The van der Waals surface area contributed by atoms with Gasteiger partial charge in [0, 0.05) is 103 Å². The van der Waals surface area contributed by atoms with Crippen LogP contribution in [0.5, 0.6) is 46.0 Å². The van der Waals surface area contributed by atoms with Crippen LogP contribution in [0, 0.1) is 0 Å². The van der Waals surface area contributed by atoms with Gasteiger partial charge in [-0.25, -0.2) is 0 Å². The van der Waals surface area contributed by atoms with Crippen LogP contribution < -0.4 is 0 Å². The summed E-state index contributed by atoms with van der Waals surface area (Å²) in [5.41, 5.74) is 4.97. The van der Waals surface area contributed by atoms with Crippen LogP contribution in [0.25, 0.3) is 0 Å². The van der Waals surface area contributed by atoms with Crippen molar-refractivity contribution in [1.82, 2.24) is 0 Å². The van der Waals surface area contributed by atoms with Crippen LogP contribution in [0.3, 0.4) is 0 Å². The topological polar surface area (TPSA) is 451 Å². The van der Waals surface area contributed by atoms with Gasteiger partial charge in [-0.3, -0.25) is 22.8 Å². The monoisotopic (exact) mass is 1320 g/mol. The molecule has 10 rings (SSSR count). The van der Waals surface area contributed by atoms with E-state index in [1.807, 2.05) is 72.8 Å². The van der Waals surface area contributed by atoms with E-state index < -0.39 is 96.1 Å². The second kappa shape index (κ2) is 26.7. The molecule has 0 aliphatic heterocycles. The fourth-order valence-corrected chi connectivity index (χ4v) is 11.5. The molecule has 0 fully saturated rings. The summed E-state index contributed by atoms with van der Waals surface area (Å²) in [4.78, 5) is -2.00. The number of rotatable bonds is 3. The Morgan fingerprint density at radius 3 is 0.488 bits per heavy atom. The first kappa shape index (κ1) is 67.1. The number of para-hydroxylation sites is 5. The summed E-state index contributed by atoms with van der Waals surface area (Å²) in [5.74, 6) is -1.22. The minimum atomic E-state index is -4.93. The van der Waals surface area contributed by atoms with Crippen molar-refractivity contribution >= 4 is 51.4 Å². The molecular weight excluding hydrogens is 1270 g/mol. The molecule has 13 N–H and O–H groups in total. The van der Waals surface area contributed by atoms with Gasteiger partial charge in [-0.2, -0.15) is 33.7 Å². The summed E-state index contributed by atoms with van der Waals surface area (Å²) >= 11 is 0. The summed E-state index contributed by atoms with van der Waals surface area (Å²) in [6, 6.07) is 32.2. The summed E-state index contributed by atoms with van der Waals surface area (Å²) in [7, 11) is -22.4. The third kappa shape index (κ3) is 16.7. The molecule has 0 atom stereocenters. The predicted octanol–water partition coefficient (Wildman–Crippen LogP) is 6.45. The molecule has 86 heavy (non-hydrogen) atoms. The first-order valence-electron chi connectivity index (χ1n) is 24.5. The van der Waals surface area contributed by atoms with E-state index in [0.29, 0.717) is 70.2 Å². The number of hydrogen-bond acceptors (Lipinski definition) is 19. The van der Waals surface area contributed by atoms with Gasteiger partial charge in [-0.05, 0) is 92.0 Å². The number of fused-ring (bicyclic) bond motifs is 16. The zero-order valence-corrected chi connectivity index (χ0v) is 49.6. The molecule has 0 saturated heterocycles. The Bertz CT molecular complexity index is 4120. The normalized spacial score (nSPS) is 12.9. The predicted molar refractivity (Wildman–Crippen MR) is 301 cm³/mol. The standard InChI is InChI=1S/C28H24O13S3.C28H24O4.H2O4S.O3S.V/c29-25-14-2-1-3-15(25)5-17-9-23(43(36,37)38)11-19(27(17)31)7-21-13-24(44(39,40)41)12-20(28(21)32)6-18-10-22(42(33,34)35)8-16(4-14)26(18)30;29-25-17-5-1-6-18(25)14-20-8-3-10-22(27(20)31)16-24-12-4-11-23(28(24)32)15-21-9-2-7-19(13-17)26(21)30;1-5(2,3)4;1-4(2)3;/h1-3,8-13,29-32H,4-7H2,(H,33,34,35)(H,36,37,38)(H,39,40,41);1-12,29-32H,13-16H2;(H2,1,2,3,4);;. The molecule has 453 valence electrons. The van der Waals surface area contributed by atoms with Crippen LogP contribution in [0.1, 0.15) is 89.0 Å². The van der Waals surface area contributed by atoms with E-state index in [1.165, 1.54) is 18.2 Å². The molecule has 0 spiro atoms. The molecule has 24 nitrogen and oxygen atoms in total. The van der Waals surface area contributed by atoms with Crippen LogP contribution in [-0.2, 0) is 121 Å². The van der Waals surface area contributed by atoms with E-state index in [9.17, 15) is 79.8 Å². The first-order chi connectivity index (χ1) is 39.6. The Hall–Kier alpha value is -8.04. The fraction of sp³-hybridized carbons (Fsp3) is 0.143. The van der Waals surface area contributed by atoms with Crippen molar-refractivity contribution in [3.8, 4) is 46.0 Å². The quantitative estimate of drug-likeness (QED) is 0.0845. The van der Waals surface area contributed by atoms with Gasteiger partial charge in [-0.15, -0.1) is 12.6 Å². The molecular formula is C56H50O24S5V. The zero-order chi connectivity index (χ0) is 62.7. The molecule has 16 bridgehead atoms. The van der Waals surface area contributed by atoms with Gasteiger partial charge in [0.2, 0.25) is 0 Å². The summed E-state index contributed by atoms with van der Waals surface area (Å²) in [6.07, 6.45) is -0.195. The van der Waals surface area contributed by atoms with Crippen LogP contribution in [0.4, 0.5) is 0 Å². The Morgan fingerprint density at radius 1 is 0.256 bits per heavy atom. The minimum absolute atomic E-state index is 0. The average molecular weight is 1320 g/mol. The summed E-state index contributed by atoms with van der Waals surface area (Å²) in [6.45, 7) is 0. The SMILES string of the molecule is O=S(=O)(O)O.O=S(=O)(O)c1cc2c(O)c(c1)Cc1cc(S(=O)(=O)O)cc(c1O)Cc1cc(S(=O)(=O)O)cc(c1O)Cc1cccc(c1O)C2.O=S(=O)=O.Oc1c2cccc1Cc1cccc(c1O)Cc1cccc(c1O)Cc1cccc(c1O)C2.[V]. The van der Waals surface area contributed by atoms with Crippen molar-refractivity contribution in [2.24, 2.45) is 0 Å². The molecule has 0 heterocycles. The molecule has 2 aliphatic rings. The smallest absolute Gasteiger partial charge is 0.425 e. The average Bonchev–Trinajstić information content (AvgIpc) is 1.19. The van der Waals surface area contributed by atoms with E-state index in [0.717, 1.165) is 36.4 Å². The van der Waals surface area contributed by atoms with Crippen molar-refractivity contribution in [2.45, 2.75) is 66.1 Å². The van der Waals surface area contributed by atoms with Crippen LogP contribution in [0.15, 0.2) is 142 Å². The van der Waals surface area contributed by atoms with Gasteiger partial charge in [0.05, 0.1) is 14.7 Å². The van der Waals surface area contributed by atoms with E-state index >= 15 is 0 Å². The van der Waals surface area contributed by atoms with E-state index in [4.69, 9.17) is 30.1 Å². The van der Waals surface area contributed by atoms with Crippen molar-refractivity contribution < 1.29 is 128 Å². The molecule has 8 aromatic rings. The van der Waals surface area contributed by atoms with E-state index in [2.05, 4.69) is 0 Å². The Kier molecular flexibility index (Phi) is 20.8. The van der Waals surface area contributed by atoms with Crippen molar-refractivity contribution in [3.63, 3.8) is 0 Å². The van der Waals surface area contributed by atoms with Crippen molar-refractivity contribution in [2.75, 3.05) is 0 Å². The Balaban J connectivity index is 0.000000246.